The summed E-state index contributed by atoms with van der Waals surface area (Å²) in [5.41, 5.74) is 5.29. The molecule has 0 spiro atoms. The number of halogens is 1. The van der Waals surface area contributed by atoms with Crippen LogP contribution in [0.3, 0.4) is 0 Å². The van der Waals surface area contributed by atoms with Crippen LogP contribution in [-0.2, 0) is 30.5 Å². The Bertz CT molecular complexity index is 1070. The lowest BCUT2D eigenvalue weighted by Crippen LogP contribution is -2.38. The number of hydrogen-bond donors (Lipinski definition) is 0. The summed E-state index contributed by atoms with van der Waals surface area (Å²) in [6.45, 7) is 7.71. The number of fused-ring (bicyclic) bond motifs is 1. The fourth-order valence-corrected chi connectivity index (χ4v) is 4.22. The topological polar surface area (TPSA) is 47.4 Å². The molecule has 168 valence electrons. The van der Waals surface area contributed by atoms with Gasteiger partial charge in [0.25, 0.3) is 0 Å². The van der Waals surface area contributed by atoms with Crippen molar-refractivity contribution in [1.29, 1.82) is 0 Å². The molecule has 0 fully saturated rings. The van der Waals surface area contributed by atoms with E-state index >= 15 is 0 Å². The molecule has 0 saturated carbocycles. The molecule has 5 nitrogen and oxygen atoms in total. The molecule has 2 aromatic carbocycles. The van der Waals surface area contributed by atoms with Crippen molar-refractivity contribution in [3.05, 3.63) is 76.4 Å². The summed E-state index contributed by atoms with van der Waals surface area (Å²) in [5.74, 6) is 0. The van der Waals surface area contributed by atoms with Gasteiger partial charge < -0.3 is 9.64 Å². The van der Waals surface area contributed by atoms with Crippen molar-refractivity contribution in [1.82, 2.24) is 14.7 Å². The summed E-state index contributed by atoms with van der Waals surface area (Å²) >= 11 is 6.15. The Kier molecular flexibility index (Phi) is 6.56. The highest BCUT2D eigenvalue weighted by atomic mass is 35.5. The van der Waals surface area contributed by atoms with Gasteiger partial charge in [0.05, 0.1) is 11.4 Å². The van der Waals surface area contributed by atoms with Gasteiger partial charge in [-0.05, 0) is 51.3 Å². The largest absolute Gasteiger partial charge is 0.444 e. The van der Waals surface area contributed by atoms with Crippen LogP contribution in [0.4, 0.5) is 4.79 Å². The maximum atomic E-state index is 12.6. The fraction of sp³-hybridized carbons (Fsp3) is 0.385. The molecule has 0 aliphatic carbocycles. The predicted molar refractivity (Wildman–Crippen MR) is 128 cm³/mol. The first-order valence-electron chi connectivity index (χ1n) is 11.2. The molecular formula is C26H30ClN3O2. The normalized spacial score (nSPS) is 14.1. The number of carbonyl (C=O) groups excluding carboxylic acids is 1. The highest BCUT2D eigenvalue weighted by Crippen LogP contribution is 2.31. The molecule has 0 radical (unpaired) electrons. The minimum atomic E-state index is -0.501. The minimum absolute atomic E-state index is 0.257. The molecule has 1 aromatic heterocycles. The number of ether oxygens (including phenoxy) is 1. The molecule has 1 amide bonds. The molecule has 0 saturated heterocycles. The summed E-state index contributed by atoms with van der Waals surface area (Å²) in [6, 6.07) is 18.4. The van der Waals surface area contributed by atoms with E-state index in [1.165, 1.54) is 11.1 Å². The first-order chi connectivity index (χ1) is 15.3. The first kappa shape index (κ1) is 22.4. The van der Waals surface area contributed by atoms with Crippen LogP contribution in [0, 0.1) is 0 Å². The maximum Gasteiger partial charge on any atom is 0.410 e. The van der Waals surface area contributed by atoms with E-state index in [1.54, 1.807) is 4.90 Å². The first-order valence-corrected chi connectivity index (χ1v) is 11.5. The summed E-state index contributed by atoms with van der Waals surface area (Å²) in [5, 5.41) is 5.71. The zero-order chi connectivity index (χ0) is 22.7. The lowest BCUT2D eigenvalue weighted by Gasteiger charge is -2.26. The van der Waals surface area contributed by atoms with E-state index in [9.17, 15) is 4.79 Å². The van der Waals surface area contributed by atoms with Crippen molar-refractivity contribution in [3.8, 4) is 11.3 Å². The van der Waals surface area contributed by atoms with E-state index in [1.807, 2.05) is 39.0 Å². The van der Waals surface area contributed by atoms with E-state index in [4.69, 9.17) is 21.4 Å². The number of aromatic nitrogens is 2. The molecule has 0 atom stereocenters. The van der Waals surface area contributed by atoms with Gasteiger partial charge in [-0.15, -0.1) is 0 Å². The lowest BCUT2D eigenvalue weighted by atomic mass is 10.0. The number of amides is 1. The molecule has 1 aliphatic rings. The second kappa shape index (κ2) is 9.37. The number of nitrogens with zero attached hydrogens (tertiary/aromatic N) is 3. The summed E-state index contributed by atoms with van der Waals surface area (Å²) in [4.78, 5) is 14.4. The number of hydrogen-bond acceptors (Lipinski definition) is 3. The van der Waals surface area contributed by atoms with Gasteiger partial charge in [0.2, 0.25) is 0 Å². The van der Waals surface area contributed by atoms with E-state index in [0.717, 1.165) is 36.3 Å². The Morgan fingerprint density at radius 1 is 1.03 bits per heavy atom. The van der Waals surface area contributed by atoms with Gasteiger partial charge in [-0.3, -0.25) is 4.68 Å². The third-order valence-electron chi connectivity index (χ3n) is 5.61. The number of carbonyl (C=O) groups is 1. The molecule has 0 unspecified atom stereocenters. The zero-order valence-corrected chi connectivity index (χ0v) is 19.7. The fourth-order valence-electron chi connectivity index (χ4n) is 4.09. The summed E-state index contributed by atoms with van der Waals surface area (Å²) < 4.78 is 7.72. The molecule has 0 N–H and O–H groups in total. The molecular weight excluding hydrogens is 422 g/mol. The number of rotatable bonds is 4. The van der Waals surface area contributed by atoms with Crippen molar-refractivity contribution in [2.24, 2.45) is 0 Å². The lowest BCUT2D eigenvalue weighted by molar-refractivity contribution is 0.0258. The van der Waals surface area contributed by atoms with E-state index in [0.29, 0.717) is 24.5 Å². The highest BCUT2D eigenvalue weighted by Gasteiger charge is 2.28. The smallest absolute Gasteiger partial charge is 0.410 e. The van der Waals surface area contributed by atoms with Gasteiger partial charge in [-0.25, -0.2) is 4.79 Å². The Hall–Kier alpha value is -2.79. The van der Waals surface area contributed by atoms with E-state index in [-0.39, 0.29) is 6.09 Å². The van der Waals surface area contributed by atoms with E-state index in [2.05, 4.69) is 41.1 Å². The van der Waals surface area contributed by atoms with Crippen LogP contribution in [0.15, 0.2) is 54.6 Å². The third kappa shape index (κ3) is 5.33. The van der Waals surface area contributed by atoms with Crippen LogP contribution >= 0.6 is 11.6 Å². The van der Waals surface area contributed by atoms with Crippen LogP contribution in [0.1, 0.15) is 37.6 Å². The minimum Gasteiger partial charge on any atom is -0.444 e. The molecule has 3 aromatic rings. The summed E-state index contributed by atoms with van der Waals surface area (Å²) in [6.07, 6.45) is 2.12. The van der Waals surface area contributed by atoms with Crippen molar-refractivity contribution >= 4 is 17.7 Å². The predicted octanol–water partition coefficient (Wildman–Crippen LogP) is 5.78. The zero-order valence-electron chi connectivity index (χ0n) is 19.0. The average Bonchev–Trinajstić information content (AvgIpc) is 2.96. The third-order valence-corrected chi connectivity index (χ3v) is 5.86. The van der Waals surface area contributed by atoms with Crippen LogP contribution in [-0.4, -0.2) is 39.5 Å². The Morgan fingerprint density at radius 2 is 1.72 bits per heavy atom. The van der Waals surface area contributed by atoms with Gasteiger partial charge in [-0.2, -0.15) is 5.10 Å². The van der Waals surface area contributed by atoms with Crippen LogP contribution in [0.2, 0.25) is 5.02 Å². The van der Waals surface area contributed by atoms with Crippen LogP contribution in [0.25, 0.3) is 11.3 Å². The number of benzene rings is 2. The van der Waals surface area contributed by atoms with Crippen molar-refractivity contribution in [2.45, 2.75) is 52.2 Å². The van der Waals surface area contributed by atoms with Crippen molar-refractivity contribution in [3.63, 3.8) is 0 Å². The Balaban J connectivity index is 1.61. The molecule has 4 rings (SSSR count). The molecule has 32 heavy (non-hydrogen) atoms. The van der Waals surface area contributed by atoms with Crippen LogP contribution < -0.4 is 0 Å². The number of aryl methyl sites for hydroxylation is 2. The van der Waals surface area contributed by atoms with Gasteiger partial charge in [0.15, 0.2) is 0 Å². The maximum absolute atomic E-state index is 12.6. The molecule has 2 heterocycles. The van der Waals surface area contributed by atoms with Gasteiger partial charge >= 0.3 is 6.09 Å². The molecule has 6 heteroatoms. The van der Waals surface area contributed by atoms with Gasteiger partial charge in [0, 0.05) is 42.2 Å². The second-order valence-corrected chi connectivity index (χ2v) is 9.64. The quantitative estimate of drug-likeness (QED) is 0.505. The van der Waals surface area contributed by atoms with E-state index < -0.39 is 5.60 Å². The summed E-state index contributed by atoms with van der Waals surface area (Å²) in [7, 11) is 0. The standard InChI is InChI=1S/C26H30ClN3O2/c1-26(2,3)32-25(31)29-16-14-22-23(15-17-29)28-30(18-13-19-7-5-4-6-8-19)24(22)20-9-11-21(27)12-10-20/h4-12H,13-18H2,1-3H3. The van der Waals surface area contributed by atoms with Crippen molar-refractivity contribution in [2.75, 3.05) is 13.1 Å². The van der Waals surface area contributed by atoms with Crippen LogP contribution in [0.5, 0.6) is 0 Å². The van der Waals surface area contributed by atoms with Crippen molar-refractivity contribution < 1.29 is 9.53 Å². The Morgan fingerprint density at radius 3 is 2.41 bits per heavy atom. The Labute approximate surface area is 194 Å². The SMILES string of the molecule is CC(C)(C)OC(=O)N1CCc2nn(CCc3ccccc3)c(-c3ccc(Cl)cc3)c2CC1. The highest BCUT2D eigenvalue weighted by molar-refractivity contribution is 6.30. The van der Waals surface area contributed by atoms with Gasteiger partial charge in [0.1, 0.15) is 5.60 Å². The average molecular weight is 452 g/mol. The monoisotopic (exact) mass is 451 g/mol. The molecule has 1 aliphatic heterocycles. The second-order valence-electron chi connectivity index (χ2n) is 9.21. The van der Waals surface area contributed by atoms with Gasteiger partial charge in [-0.1, -0.05) is 54.1 Å². The molecule has 0 bridgehead atoms.